The molecule has 2 aliphatic rings. The SMILES string of the molecule is CC[C@@H]1Oc2cc([C@@H](C)NC(=O)C3=C(C)OCCC3)ccc2NC1=O. The van der Waals surface area contributed by atoms with E-state index in [2.05, 4.69) is 10.6 Å². The lowest BCUT2D eigenvalue weighted by molar-refractivity contribution is -0.123. The van der Waals surface area contributed by atoms with E-state index in [0.717, 1.165) is 18.4 Å². The highest BCUT2D eigenvalue weighted by Crippen LogP contribution is 2.33. The van der Waals surface area contributed by atoms with Gasteiger partial charge in [0.15, 0.2) is 6.10 Å². The largest absolute Gasteiger partial charge is 0.498 e. The van der Waals surface area contributed by atoms with Crippen LogP contribution in [0, 0.1) is 0 Å². The highest BCUT2D eigenvalue weighted by molar-refractivity contribution is 5.97. The maximum absolute atomic E-state index is 12.5. The normalized spacial score (nSPS) is 20.8. The van der Waals surface area contributed by atoms with Crippen molar-refractivity contribution in [2.24, 2.45) is 0 Å². The highest BCUT2D eigenvalue weighted by Gasteiger charge is 2.27. The number of carbonyl (C=O) groups is 2. The number of allylic oxidation sites excluding steroid dienone is 1. The van der Waals surface area contributed by atoms with E-state index in [1.807, 2.05) is 39.0 Å². The molecule has 3 rings (SSSR count). The molecule has 0 saturated heterocycles. The number of fused-ring (bicyclic) bond motifs is 1. The van der Waals surface area contributed by atoms with Gasteiger partial charge >= 0.3 is 0 Å². The van der Waals surface area contributed by atoms with Gasteiger partial charge in [0.05, 0.1) is 23.9 Å². The third-order valence-electron chi connectivity index (χ3n) is 4.63. The first-order valence-electron chi connectivity index (χ1n) is 8.74. The van der Waals surface area contributed by atoms with E-state index >= 15 is 0 Å². The Morgan fingerprint density at radius 2 is 2.24 bits per heavy atom. The summed E-state index contributed by atoms with van der Waals surface area (Å²) < 4.78 is 11.2. The van der Waals surface area contributed by atoms with Gasteiger partial charge in [0.2, 0.25) is 0 Å². The molecule has 0 spiro atoms. The van der Waals surface area contributed by atoms with Crippen molar-refractivity contribution in [3.8, 4) is 5.75 Å². The second-order valence-electron chi connectivity index (χ2n) is 6.44. The molecule has 0 unspecified atom stereocenters. The van der Waals surface area contributed by atoms with Gasteiger partial charge < -0.3 is 20.1 Å². The van der Waals surface area contributed by atoms with Gasteiger partial charge in [0.1, 0.15) is 11.5 Å². The molecule has 1 aromatic rings. The van der Waals surface area contributed by atoms with Gasteiger partial charge in [-0.3, -0.25) is 9.59 Å². The maximum atomic E-state index is 12.5. The predicted molar refractivity (Wildman–Crippen MR) is 94.2 cm³/mol. The molecule has 0 aliphatic carbocycles. The van der Waals surface area contributed by atoms with Crippen molar-refractivity contribution in [2.75, 3.05) is 11.9 Å². The number of carbonyl (C=O) groups excluding carboxylic acids is 2. The zero-order valence-corrected chi connectivity index (χ0v) is 14.8. The second kappa shape index (κ2) is 7.17. The van der Waals surface area contributed by atoms with E-state index < -0.39 is 6.10 Å². The van der Waals surface area contributed by atoms with Crippen LogP contribution in [0.5, 0.6) is 5.75 Å². The summed E-state index contributed by atoms with van der Waals surface area (Å²) in [7, 11) is 0. The monoisotopic (exact) mass is 344 g/mol. The third kappa shape index (κ3) is 3.62. The van der Waals surface area contributed by atoms with E-state index in [0.29, 0.717) is 35.8 Å². The Hall–Kier alpha value is -2.50. The van der Waals surface area contributed by atoms with Crippen LogP contribution in [0.25, 0.3) is 0 Å². The molecule has 2 N–H and O–H groups in total. The predicted octanol–water partition coefficient (Wildman–Crippen LogP) is 3.06. The average Bonchev–Trinajstić information content (AvgIpc) is 2.60. The van der Waals surface area contributed by atoms with Gasteiger partial charge in [-0.15, -0.1) is 0 Å². The van der Waals surface area contributed by atoms with E-state index in [1.165, 1.54) is 0 Å². The molecule has 1 aromatic carbocycles. The van der Waals surface area contributed by atoms with Gasteiger partial charge in [0.25, 0.3) is 11.8 Å². The fourth-order valence-electron chi connectivity index (χ4n) is 3.08. The Bertz CT molecular complexity index is 726. The molecular weight excluding hydrogens is 320 g/mol. The molecular formula is C19H24N2O4. The Kier molecular flexibility index (Phi) is 4.97. The van der Waals surface area contributed by atoms with E-state index in [-0.39, 0.29) is 17.9 Å². The number of ether oxygens (including phenoxy) is 2. The number of hydrogen-bond acceptors (Lipinski definition) is 4. The topological polar surface area (TPSA) is 76.7 Å². The van der Waals surface area contributed by atoms with E-state index in [4.69, 9.17) is 9.47 Å². The molecule has 0 aromatic heterocycles. The first-order valence-corrected chi connectivity index (χ1v) is 8.74. The van der Waals surface area contributed by atoms with Crippen molar-refractivity contribution in [1.82, 2.24) is 5.32 Å². The van der Waals surface area contributed by atoms with Gasteiger partial charge in [-0.25, -0.2) is 0 Å². The first kappa shape index (κ1) is 17.3. The molecule has 2 atom stereocenters. The summed E-state index contributed by atoms with van der Waals surface area (Å²) in [4.78, 5) is 24.3. The van der Waals surface area contributed by atoms with Crippen LogP contribution < -0.4 is 15.4 Å². The molecule has 0 fully saturated rings. The highest BCUT2D eigenvalue weighted by atomic mass is 16.5. The molecule has 134 valence electrons. The number of rotatable bonds is 4. The number of hydrogen-bond donors (Lipinski definition) is 2. The van der Waals surface area contributed by atoms with Crippen molar-refractivity contribution in [1.29, 1.82) is 0 Å². The molecule has 6 heteroatoms. The van der Waals surface area contributed by atoms with Gasteiger partial charge in [-0.1, -0.05) is 13.0 Å². The van der Waals surface area contributed by atoms with Crippen molar-refractivity contribution in [3.05, 3.63) is 35.1 Å². The van der Waals surface area contributed by atoms with Crippen LogP contribution >= 0.6 is 0 Å². The fourth-order valence-corrected chi connectivity index (χ4v) is 3.08. The van der Waals surface area contributed by atoms with E-state index in [1.54, 1.807) is 0 Å². The minimum atomic E-state index is -0.472. The zero-order chi connectivity index (χ0) is 18.0. The smallest absolute Gasteiger partial charge is 0.265 e. The number of benzene rings is 1. The molecule has 2 amide bonds. The lowest BCUT2D eigenvalue weighted by Crippen LogP contribution is -2.36. The Labute approximate surface area is 147 Å². The van der Waals surface area contributed by atoms with E-state index in [9.17, 15) is 9.59 Å². The van der Waals surface area contributed by atoms with Crippen molar-refractivity contribution in [2.45, 2.75) is 52.2 Å². The van der Waals surface area contributed by atoms with Crippen LogP contribution in [-0.4, -0.2) is 24.5 Å². The first-order chi connectivity index (χ1) is 12.0. The molecule has 2 heterocycles. The van der Waals surface area contributed by atoms with Crippen LogP contribution in [-0.2, 0) is 14.3 Å². The minimum Gasteiger partial charge on any atom is -0.498 e. The Balaban J connectivity index is 1.74. The molecule has 0 saturated carbocycles. The molecule has 0 bridgehead atoms. The maximum Gasteiger partial charge on any atom is 0.265 e. The summed E-state index contributed by atoms with van der Waals surface area (Å²) in [5, 5.41) is 5.87. The lowest BCUT2D eigenvalue weighted by Gasteiger charge is -2.26. The number of anilines is 1. The summed E-state index contributed by atoms with van der Waals surface area (Å²) in [6.45, 7) is 6.34. The van der Waals surface area contributed by atoms with Gasteiger partial charge in [-0.2, -0.15) is 0 Å². The van der Waals surface area contributed by atoms with Crippen molar-refractivity contribution >= 4 is 17.5 Å². The molecule has 6 nitrogen and oxygen atoms in total. The van der Waals surface area contributed by atoms with Crippen molar-refractivity contribution < 1.29 is 19.1 Å². The quantitative estimate of drug-likeness (QED) is 0.880. The number of nitrogens with one attached hydrogen (secondary N) is 2. The van der Waals surface area contributed by atoms with Gasteiger partial charge in [0, 0.05) is 0 Å². The third-order valence-corrected chi connectivity index (χ3v) is 4.63. The van der Waals surface area contributed by atoms with Crippen molar-refractivity contribution in [3.63, 3.8) is 0 Å². The average molecular weight is 344 g/mol. The Morgan fingerprint density at radius 3 is 2.96 bits per heavy atom. The molecule has 2 aliphatic heterocycles. The number of amides is 2. The minimum absolute atomic E-state index is 0.0944. The summed E-state index contributed by atoms with van der Waals surface area (Å²) in [6, 6.07) is 5.39. The van der Waals surface area contributed by atoms with Crippen LogP contribution in [0.1, 0.15) is 51.6 Å². The summed E-state index contributed by atoms with van der Waals surface area (Å²) >= 11 is 0. The summed E-state index contributed by atoms with van der Waals surface area (Å²) in [5.74, 6) is 1.13. The van der Waals surface area contributed by atoms with Crippen LogP contribution in [0.3, 0.4) is 0 Å². The molecule has 0 radical (unpaired) electrons. The second-order valence-corrected chi connectivity index (χ2v) is 6.44. The standard InChI is InChI=1S/C19H24N2O4/c1-4-16-19(23)21-15-8-7-13(10-17(15)25-16)11(2)20-18(22)14-6-5-9-24-12(14)3/h7-8,10-11,16H,4-6,9H2,1-3H3,(H,20,22)(H,21,23)/t11-,16+/m1/s1. The lowest BCUT2D eigenvalue weighted by atomic mass is 10.0. The summed E-state index contributed by atoms with van der Waals surface area (Å²) in [6.07, 6.45) is 1.73. The van der Waals surface area contributed by atoms with Gasteiger partial charge in [-0.05, 0) is 50.8 Å². The molecule has 25 heavy (non-hydrogen) atoms. The Morgan fingerprint density at radius 1 is 1.44 bits per heavy atom. The van der Waals surface area contributed by atoms with Crippen LogP contribution in [0.15, 0.2) is 29.5 Å². The fraction of sp³-hybridized carbons (Fsp3) is 0.474. The van der Waals surface area contributed by atoms with Crippen LogP contribution in [0.4, 0.5) is 5.69 Å². The van der Waals surface area contributed by atoms with Crippen LogP contribution in [0.2, 0.25) is 0 Å². The zero-order valence-electron chi connectivity index (χ0n) is 14.8. The summed E-state index contributed by atoms with van der Waals surface area (Å²) in [5.41, 5.74) is 2.30.